The molecule has 0 aliphatic rings. The molecule has 0 aromatic carbocycles. The van der Waals surface area contributed by atoms with E-state index in [1.165, 1.54) is 0 Å². The number of carboxylic acids is 1. The summed E-state index contributed by atoms with van der Waals surface area (Å²) in [5.74, 6) is -1.65. The molecule has 0 aromatic rings. The number of carbonyl (C=O) groups is 1. The molecule has 7 heteroatoms. The molecule has 0 rings (SSSR count). The van der Waals surface area contributed by atoms with Crippen LogP contribution < -0.4 is 5.09 Å². The highest BCUT2D eigenvalue weighted by atomic mass is 31.2. The minimum absolute atomic E-state index is 0.380. The zero-order valence-corrected chi connectivity index (χ0v) is 7.65. The molecule has 0 amide bonds. The number of rotatable bonds is 4. The lowest BCUT2D eigenvalue weighted by Gasteiger charge is -2.17. The van der Waals surface area contributed by atoms with Gasteiger partial charge in [-0.25, -0.2) is 9.65 Å². The Labute approximate surface area is 69.8 Å². The maximum absolute atomic E-state index is 10.4. The molecule has 4 N–H and O–H groups in total. The third-order valence-electron chi connectivity index (χ3n) is 1.24. The normalized spacial score (nSPS) is 14.8. The van der Waals surface area contributed by atoms with Crippen molar-refractivity contribution in [2.45, 2.75) is 19.9 Å². The molecule has 0 radical (unpaired) electrons. The quantitative estimate of drug-likeness (QED) is 0.464. The fraction of sp³-hybridized carbons (Fsp3) is 0.800. The topological polar surface area (TPSA) is 107 Å². The average Bonchev–Trinajstić information content (AvgIpc) is 1.79. The second-order valence-corrected chi connectivity index (χ2v) is 4.08. The Bertz CT molecular complexity index is 210. The van der Waals surface area contributed by atoms with Crippen molar-refractivity contribution in [1.29, 1.82) is 0 Å². The van der Waals surface area contributed by atoms with E-state index in [2.05, 4.69) is 0 Å². The van der Waals surface area contributed by atoms with Crippen LogP contribution in [0.5, 0.6) is 0 Å². The van der Waals surface area contributed by atoms with Crippen LogP contribution in [-0.4, -0.2) is 26.9 Å². The summed E-state index contributed by atoms with van der Waals surface area (Å²) in [4.78, 5) is 27.3. The van der Waals surface area contributed by atoms with E-state index < -0.39 is 19.8 Å². The van der Waals surface area contributed by atoms with E-state index in [0.29, 0.717) is 0 Å². The summed E-state index contributed by atoms with van der Waals surface area (Å²) in [5.41, 5.74) is 0. The Kier molecular flexibility index (Phi) is 3.86. The summed E-state index contributed by atoms with van der Waals surface area (Å²) in [6.07, 6.45) is 0. The lowest BCUT2D eigenvalue weighted by molar-refractivity contribution is -0.140. The molecule has 0 spiro atoms. The lowest BCUT2D eigenvalue weighted by atomic mass is 10.1. The largest absolute Gasteiger partial charge is 0.480 e. The molecule has 72 valence electrons. The van der Waals surface area contributed by atoms with Crippen molar-refractivity contribution in [3.05, 3.63) is 0 Å². The van der Waals surface area contributed by atoms with E-state index >= 15 is 0 Å². The Morgan fingerprint density at radius 2 is 1.83 bits per heavy atom. The van der Waals surface area contributed by atoms with Gasteiger partial charge in [0.15, 0.2) is 0 Å². The second-order valence-electron chi connectivity index (χ2n) is 2.73. The first kappa shape index (κ1) is 11.6. The predicted octanol–water partition coefficient (Wildman–Crippen LogP) is -0.222. The molecule has 0 aliphatic heterocycles. The highest BCUT2D eigenvalue weighted by Crippen LogP contribution is 2.30. The number of nitrogens with one attached hydrogen (secondary N) is 1. The second kappa shape index (κ2) is 4.00. The van der Waals surface area contributed by atoms with Gasteiger partial charge < -0.3 is 14.9 Å². The van der Waals surface area contributed by atoms with Crippen LogP contribution in [0.2, 0.25) is 0 Å². The van der Waals surface area contributed by atoms with Gasteiger partial charge >= 0.3 is 13.7 Å². The molecule has 1 atom stereocenters. The molecule has 6 nitrogen and oxygen atoms in total. The summed E-state index contributed by atoms with van der Waals surface area (Å²) in [5, 5.41) is 10.2. The highest BCUT2D eigenvalue weighted by molar-refractivity contribution is 7.49. The molecule has 0 heterocycles. The van der Waals surface area contributed by atoms with Crippen LogP contribution in [0.25, 0.3) is 0 Å². The summed E-state index contributed by atoms with van der Waals surface area (Å²) in [6, 6.07) is -1.22. The van der Waals surface area contributed by atoms with Crippen molar-refractivity contribution in [2.75, 3.05) is 0 Å². The maximum atomic E-state index is 10.4. The van der Waals surface area contributed by atoms with Crippen molar-refractivity contribution in [3.8, 4) is 0 Å². The van der Waals surface area contributed by atoms with Gasteiger partial charge in [0.2, 0.25) is 0 Å². The van der Waals surface area contributed by atoms with Crippen LogP contribution in [0.4, 0.5) is 0 Å². The molecule has 0 bridgehead atoms. The number of hydrogen-bond acceptors (Lipinski definition) is 2. The van der Waals surface area contributed by atoms with Gasteiger partial charge in [-0.05, 0) is 5.92 Å². The SMILES string of the molecule is CC(C)[C@H](NP(=O)(O)O)C(=O)O. The first-order valence-corrected chi connectivity index (χ1v) is 4.91. The van der Waals surface area contributed by atoms with E-state index in [1.807, 2.05) is 0 Å². The van der Waals surface area contributed by atoms with Crippen molar-refractivity contribution in [3.63, 3.8) is 0 Å². The molecule has 0 aliphatic carbocycles. The standard InChI is InChI=1S/C5H12NO5P/c1-3(2)4(5(7)8)6-12(9,10)11/h3-4H,1-2H3,(H,7,8)(H3,6,9,10,11)/t4-/m0/s1. The summed E-state index contributed by atoms with van der Waals surface area (Å²) in [7, 11) is -4.46. The molecule has 0 saturated carbocycles. The first-order chi connectivity index (χ1) is 5.24. The van der Waals surface area contributed by atoms with E-state index in [1.54, 1.807) is 18.9 Å². The molecule has 12 heavy (non-hydrogen) atoms. The lowest BCUT2D eigenvalue weighted by Crippen LogP contribution is -2.38. The van der Waals surface area contributed by atoms with E-state index in [4.69, 9.17) is 14.9 Å². The molecule has 0 fully saturated rings. The van der Waals surface area contributed by atoms with Gasteiger partial charge in [-0.3, -0.25) is 4.79 Å². The van der Waals surface area contributed by atoms with Crippen molar-refractivity contribution in [2.24, 2.45) is 5.92 Å². The molecule has 0 saturated heterocycles. The van der Waals surface area contributed by atoms with Crippen LogP contribution in [0.3, 0.4) is 0 Å². The van der Waals surface area contributed by atoms with E-state index in [9.17, 15) is 9.36 Å². The zero-order valence-electron chi connectivity index (χ0n) is 6.76. The van der Waals surface area contributed by atoms with Gasteiger partial charge in [-0.2, -0.15) is 0 Å². The molecule has 0 aromatic heterocycles. The third kappa shape index (κ3) is 4.46. The minimum atomic E-state index is -4.46. The Morgan fingerprint density at radius 3 is 1.92 bits per heavy atom. The maximum Gasteiger partial charge on any atom is 0.401 e. The van der Waals surface area contributed by atoms with Gasteiger partial charge in [0, 0.05) is 0 Å². The van der Waals surface area contributed by atoms with E-state index in [0.717, 1.165) is 0 Å². The number of aliphatic carboxylic acids is 1. The average molecular weight is 197 g/mol. The van der Waals surface area contributed by atoms with Crippen LogP contribution in [0, 0.1) is 5.92 Å². The smallest absolute Gasteiger partial charge is 0.401 e. The Balaban J connectivity index is 4.35. The number of carboxylic acid groups (broad SMARTS) is 1. The summed E-state index contributed by atoms with van der Waals surface area (Å²) >= 11 is 0. The fourth-order valence-electron chi connectivity index (χ4n) is 0.671. The van der Waals surface area contributed by atoms with Gasteiger partial charge in [0.1, 0.15) is 6.04 Å². The van der Waals surface area contributed by atoms with Crippen LogP contribution in [-0.2, 0) is 9.36 Å². The van der Waals surface area contributed by atoms with Crippen LogP contribution in [0.1, 0.15) is 13.8 Å². The predicted molar refractivity (Wildman–Crippen MR) is 41.4 cm³/mol. The fourth-order valence-corrected chi connectivity index (χ4v) is 1.44. The third-order valence-corrected chi connectivity index (χ3v) is 1.85. The molecular weight excluding hydrogens is 185 g/mol. The van der Waals surface area contributed by atoms with Gasteiger partial charge in [0.25, 0.3) is 0 Å². The highest BCUT2D eigenvalue weighted by Gasteiger charge is 2.28. The van der Waals surface area contributed by atoms with Gasteiger partial charge in [-0.1, -0.05) is 13.8 Å². The monoisotopic (exact) mass is 197 g/mol. The van der Waals surface area contributed by atoms with E-state index in [-0.39, 0.29) is 5.92 Å². The molecule has 0 unspecified atom stereocenters. The Hall–Kier alpha value is -0.420. The van der Waals surface area contributed by atoms with Gasteiger partial charge in [0.05, 0.1) is 0 Å². The summed E-state index contributed by atoms with van der Waals surface area (Å²) < 4.78 is 10.4. The first-order valence-electron chi connectivity index (χ1n) is 3.30. The van der Waals surface area contributed by atoms with Crippen molar-refractivity contribution < 1.29 is 24.3 Å². The summed E-state index contributed by atoms with van der Waals surface area (Å²) in [6.45, 7) is 3.11. The Morgan fingerprint density at radius 1 is 1.42 bits per heavy atom. The van der Waals surface area contributed by atoms with Gasteiger partial charge in [-0.15, -0.1) is 0 Å². The van der Waals surface area contributed by atoms with Crippen molar-refractivity contribution in [1.82, 2.24) is 5.09 Å². The minimum Gasteiger partial charge on any atom is -0.480 e. The number of hydrogen-bond donors (Lipinski definition) is 4. The van der Waals surface area contributed by atoms with Crippen LogP contribution >= 0.6 is 7.75 Å². The van der Waals surface area contributed by atoms with Crippen LogP contribution in [0.15, 0.2) is 0 Å². The van der Waals surface area contributed by atoms with Crippen molar-refractivity contribution >= 4 is 13.7 Å². The zero-order chi connectivity index (χ0) is 9.94. The molecular formula is C5H12NO5P.